The van der Waals surface area contributed by atoms with Crippen LogP contribution in [0, 0.1) is 0 Å². The van der Waals surface area contributed by atoms with Crippen LogP contribution >= 0.6 is 46.3 Å². The van der Waals surface area contributed by atoms with Gasteiger partial charge in [-0.05, 0) is 30.5 Å². The quantitative estimate of drug-likeness (QED) is 0.427. The van der Waals surface area contributed by atoms with Crippen molar-refractivity contribution < 1.29 is 9.32 Å². The van der Waals surface area contributed by atoms with E-state index in [-0.39, 0.29) is 11.6 Å². The van der Waals surface area contributed by atoms with Gasteiger partial charge in [-0.25, -0.2) is 0 Å². The van der Waals surface area contributed by atoms with E-state index in [1.807, 2.05) is 12.1 Å². The summed E-state index contributed by atoms with van der Waals surface area (Å²) in [6.07, 6.45) is 2.18. The predicted octanol–water partition coefficient (Wildman–Crippen LogP) is 5.25. The molecule has 0 atom stereocenters. The largest absolute Gasteiger partial charge is 0.360 e. The number of carbonyl (C=O) groups is 1. The van der Waals surface area contributed by atoms with Gasteiger partial charge in [0, 0.05) is 17.7 Å². The molecule has 0 radical (unpaired) electrons. The van der Waals surface area contributed by atoms with Crippen molar-refractivity contribution in [2.75, 3.05) is 5.32 Å². The summed E-state index contributed by atoms with van der Waals surface area (Å²) in [4.78, 5) is 12.2. The molecule has 0 aliphatic heterocycles. The minimum absolute atomic E-state index is 0.257. The van der Waals surface area contributed by atoms with E-state index in [2.05, 4.69) is 20.7 Å². The van der Waals surface area contributed by atoms with Crippen molar-refractivity contribution in [3.63, 3.8) is 0 Å². The van der Waals surface area contributed by atoms with E-state index in [9.17, 15) is 4.79 Å². The fourth-order valence-corrected chi connectivity index (χ4v) is 4.22. The highest BCUT2D eigenvalue weighted by Gasteiger charge is 2.29. The summed E-state index contributed by atoms with van der Waals surface area (Å²) in [5, 5.41) is 16.0. The maximum absolute atomic E-state index is 12.2. The van der Waals surface area contributed by atoms with Crippen molar-refractivity contribution in [1.82, 2.24) is 15.4 Å². The van der Waals surface area contributed by atoms with E-state index in [4.69, 9.17) is 27.7 Å². The van der Waals surface area contributed by atoms with Gasteiger partial charge in [0.15, 0.2) is 10.0 Å². The van der Waals surface area contributed by atoms with Crippen LogP contribution in [-0.2, 0) is 5.75 Å². The van der Waals surface area contributed by atoms with E-state index in [0.29, 0.717) is 26.8 Å². The summed E-state index contributed by atoms with van der Waals surface area (Å²) in [5.74, 6) is 1.51. The van der Waals surface area contributed by atoms with E-state index in [0.717, 1.165) is 28.5 Å². The third-order valence-electron chi connectivity index (χ3n) is 3.71. The standard InChI is InChI=1S/C16H12Cl2N4O2S2/c17-10-4-1-8(5-11(10)18)7-25-16-21-20-15(26-16)19-14(23)12-6-13(24-22-12)9-2-3-9/h1,4-6,9H,2-3,7H2,(H,19,20,23). The maximum atomic E-state index is 12.2. The van der Waals surface area contributed by atoms with E-state index in [1.165, 1.54) is 23.1 Å². The first kappa shape index (κ1) is 17.8. The van der Waals surface area contributed by atoms with Crippen LogP contribution in [0.15, 0.2) is 33.1 Å². The number of nitrogens with zero attached hydrogens (tertiary/aromatic N) is 3. The van der Waals surface area contributed by atoms with Crippen molar-refractivity contribution in [3.05, 3.63) is 51.3 Å². The van der Waals surface area contributed by atoms with Crippen LogP contribution in [0.1, 0.15) is 40.6 Å². The molecule has 1 N–H and O–H groups in total. The summed E-state index contributed by atoms with van der Waals surface area (Å²) < 4.78 is 5.93. The second-order valence-electron chi connectivity index (χ2n) is 5.75. The molecule has 1 saturated carbocycles. The molecule has 1 aliphatic carbocycles. The molecule has 2 heterocycles. The Morgan fingerprint density at radius 2 is 2.12 bits per heavy atom. The number of halogens is 2. The topological polar surface area (TPSA) is 80.9 Å². The zero-order valence-corrected chi connectivity index (χ0v) is 16.4. The SMILES string of the molecule is O=C(Nc1nnc(SCc2ccc(Cl)c(Cl)c2)s1)c1cc(C2CC2)on1. The smallest absolute Gasteiger partial charge is 0.279 e. The Morgan fingerprint density at radius 1 is 1.27 bits per heavy atom. The Morgan fingerprint density at radius 3 is 2.88 bits per heavy atom. The van der Waals surface area contributed by atoms with Gasteiger partial charge in [-0.1, -0.05) is 57.5 Å². The van der Waals surface area contributed by atoms with E-state index in [1.54, 1.807) is 12.1 Å². The molecule has 1 amide bonds. The zero-order valence-electron chi connectivity index (χ0n) is 13.2. The molecule has 0 spiro atoms. The fraction of sp³-hybridized carbons (Fsp3) is 0.250. The first-order valence-corrected chi connectivity index (χ1v) is 10.3. The number of amides is 1. The minimum atomic E-state index is -0.349. The van der Waals surface area contributed by atoms with Crippen LogP contribution in [0.25, 0.3) is 0 Å². The number of nitrogens with one attached hydrogen (secondary N) is 1. The zero-order chi connectivity index (χ0) is 18.1. The number of rotatable bonds is 6. The summed E-state index contributed by atoms with van der Waals surface area (Å²) in [7, 11) is 0. The average Bonchev–Trinajstić information content (AvgIpc) is 3.18. The molecule has 4 rings (SSSR count). The normalized spacial score (nSPS) is 13.8. The lowest BCUT2D eigenvalue weighted by Crippen LogP contribution is -2.11. The van der Waals surface area contributed by atoms with Gasteiger partial charge in [-0.3, -0.25) is 10.1 Å². The molecule has 26 heavy (non-hydrogen) atoms. The third kappa shape index (κ3) is 4.20. The Bertz CT molecular complexity index is 955. The molecule has 3 aromatic rings. The van der Waals surface area contributed by atoms with E-state index < -0.39 is 0 Å². The first-order valence-electron chi connectivity index (χ1n) is 7.76. The number of hydrogen-bond acceptors (Lipinski definition) is 7. The highest BCUT2D eigenvalue weighted by molar-refractivity contribution is 8.00. The first-order chi connectivity index (χ1) is 12.6. The number of benzene rings is 1. The van der Waals surface area contributed by atoms with Gasteiger partial charge in [0.2, 0.25) is 5.13 Å². The molecule has 0 unspecified atom stereocenters. The Hall–Kier alpha value is -1.61. The lowest BCUT2D eigenvalue weighted by atomic mass is 10.2. The maximum Gasteiger partial charge on any atom is 0.279 e. The monoisotopic (exact) mass is 426 g/mol. The van der Waals surface area contributed by atoms with Gasteiger partial charge in [-0.15, -0.1) is 10.2 Å². The molecule has 0 saturated heterocycles. The van der Waals surface area contributed by atoms with Crippen LogP contribution in [0.4, 0.5) is 5.13 Å². The number of anilines is 1. The van der Waals surface area contributed by atoms with Crippen LogP contribution in [0.3, 0.4) is 0 Å². The number of aromatic nitrogens is 3. The third-order valence-corrected chi connectivity index (χ3v) is 6.50. The van der Waals surface area contributed by atoms with Gasteiger partial charge in [0.25, 0.3) is 5.91 Å². The Labute approximate surface area is 167 Å². The second-order valence-corrected chi connectivity index (χ2v) is 8.77. The van der Waals surface area contributed by atoms with Gasteiger partial charge in [-0.2, -0.15) is 0 Å². The van der Waals surface area contributed by atoms with Gasteiger partial charge >= 0.3 is 0 Å². The Balaban J connectivity index is 1.34. The van der Waals surface area contributed by atoms with Crippen LogP contribution in [-0.4, -0.2) is 21.3 Å². The van der Waals surface area contributed by atoms with Crippen LogP contribution < -0.4 is 5.32 Å². The Kier molecular flexibility index (Phi) is 5.17. The van der Waals surface area contributed by atoms with Crippen molar-refractivity contribution in [2.24, 2.45) is 0 Å². The molecule has 6 nitrogen and oxygen atoms in total. The molecule has 0 bridgehead atoms. The second kappa shape index (κ2) is 7.56. The van der Waals surface area contributed by atoms with Gasteiger partial charge in [0.1, 0.15) is 5.76 Å². The van der Waals surface area contributed by atoms with Gasteiger partial charge < -0.3 is 4.52 Å². The number of hydrogen-bond donors (Lipinski definition) is 1. The summed E-state index contributed by atoms with van der Waals surface area (Å²) >= 11 is 14.7. The fourth-order valence-electron chi connectivity index (χ4n) is 2.21. The van der Waals surface area contributed by atoms with E-state index >= 15 is 0 Å². The molecule has 2 aromatic heterocycles. The molecule has 1 aromatic carbocycles. The average molecular weight is 427 g/mol. The molecule has 1 aliphatic rings. The summed E-state index contributed by atoms with van der Waals surface area (Å²) in [6.45, 7) is 0. The molecular weight excluding hydrogens is 415 g/mol. The van der Waals surface area contributed by atoms with Gasteiger partial charge in [0.05, 0.1) is 10.0 Å². The van der Waals surface area contributed by atoms with Crippen molar-refractivity contribution in [2.45, 2.75) is 28.9 Å². The lowest BCUT2D eigenvalue weighted by molar-refractivity contribution is 0.101. The predicted molar refractivity (Wildman–Crippen MR) is 102 cm³/mol. The molecule has 10 heteroatoms. The summed E-state index contributed by atoms with van der Waals surface area (Å²) in [6, 6.07) is 7.18. The summed E-state index contributed by atoms with van der Waals surface area (Å²) in [5.41, 5.74) is 1.28. The van der Waals surface area contributed by atoms with Crippen molar-refractivity contribution in [3.8, 4) is 0 Å². The number of thioether (sulfide) groups is 1. The van der Waals surface area contributed by atoms with Crippen molar-refractivity contribution in [1.29, 1.82) is 0 Å². The highest BCUT2D eigenvalue weighted by Crippen LogP contribution is 2.40. The van der Waals surface area contributed by atoms with Crippen molar-refractivity contribution >= 4 is 57.3 Å². The van der Waals surface area contributed by atoms with Crippen LogP contribution in [0.2, 0.25) is 10.0 Å². The molecular formula is C16H12Cl2N4O2S2. The molecule has 1 fully saturated rings. The minimum Gasteiger partial charge on any atom is -0.360 e. The lowest BCUT2D eigenvalue weighted by Gasteiger charge is -2.01. The molecule has 134 valence electrons. The van der Waals surface area contributed by atoms with Crippen LogP contribution in [0.5, 0.6) is 0 Å². The number of carbonyl (C=O) groups excluding carboxylic acids is 1. The highest BCUT2D eigenvalue weighted by atomic mass is 35.5.